The second-order valence-electron chi connectivity index (χ2n) is 5.79. The molecule has 3 rings (SSSR count). The van der Waals surface area contributed by atoms with Crippen LogP contribution in [0.3, 0.4) is 0 Å². The van der Waals surface area contributed by atoms with E-state index in [0.29, 0.717) is 22.9 Å². The maximum Gasteiger partial charge on any atom is 0.416 e. The van der Waals surface area contributed by atoms with Crippen molar-refractivity contribution in [1.82, 2.24) is 10.2 Å². The lowest BCUT2D eigenvalue weighted by molar-refractivity contribution is -0.137. The van der Waals surface area contributed by atoms with Gasteiger partial charge in [0.05, 0.1) is 11.3 Å². The van der Waals surface area contributed by atoms with Gasteiger partial charge in [0.25, 0.3) is 5.89 Å². The lowest BCUT2D eigenvalue weighted by atomic mass is 10.1. The van der Waals surface area contributed by atoms with E-state index in [9.17, 15) is 13.2 Å². The van der Waals surface area contributed by atoms with Gasteiger partial charge in [-0.25, -0.2) is 0 Å². The van der Waals surface area contributed by atoms with E-state index in [-0.39, 0.29) is 13.2 Å². The zero-order valence-corrected chi connectivity index (χ0v) is 14.8. The van der Waals surface area contributed by atoms with Crippen LogP contribution in [0.1, 0.15) is 29.5 Å². The number of rotatable bonds is 7. The summed E-state index contributed by atoms with van der Waals surface area (Å²) < 4.78 is 48.1. The van der Waals surface area contributed by atoms with E-state index in [0.717, 1.165) is 17.7 Å². The third-order valence-corrected chi connectivity index (χ3v) is 3.75. The number of hydrogen-bond acceptors (Lipinski definition) is 6. The highest BCUT2D eigenvalue weighted by Crippen LogP contribution is 2.29. The molecule has 9 heteroatoms. The van der Waals surface area contributed by atoms with Gasteiger partial charge in [0.1, 0.15) is 12.4 Å². The topological polar surface area (TPSA) is 69.7 Å². The van der Waals surface area contributed by atoms with Gasteiger partial charge in [-0.1, -0.05) is 17.3 Å². The van der Waals surface area contributed by atoms with Crippen molar-refractivity contribution in [2.45, 2.75) is 26.3 Å². The van der Waals surface area contributed by atoms with Gasteiger partial charge in [-0.15, -0.1) is 10.2 Å². The minimum absolute atomic E-state index is 0.0703. The molecule has 0 aliphatic carbocycles. The Hall–Kier alpha value is -3.36. The van der Waals surface area contributed by atoms with Crippen molar-refractivity contribution in [3.05, 3.63) is 77.5 Å². The fraction of sp³-hybridized carbons (Fsp3) is 0.211. The summed E-state index contributed by atoms with van der Waals surface area (Å²) in [5.74, 6) is 0.999. The van der Waals surface area contributed by atoms with E-state index in [1.807, 2.05) is 12.1 Å². The molecule has 1 aromatic heterocycles. The first-order valence-electron chi connectivity index (χ1n) is 8.23. The third-order valence-electron chi connectivity index (χ3n) is 3.75. The molecular formula is C19H16F3N3O3. The maximum absolute atomic E-state index is 12.5. The molecule has 3 aromatic rings. The summed E-state index contributed by atoms with van der Waals surface area (Å²) in [4.78, 5) is 5.24. The molecule has 28 heavy (non-hydrogen) atoms. The summed E-state index contributed by atoms with van der Waals surface area (Å²) in [6.45, 7) is 2.00. The van der Waals surface area contributed by atoms with Crippen molar-refractivity contribution in [2.24, 2.45) is 5.16 Å². The van der Waals surface area contributed by atoms with Gasteiger partial charge < -0.3 is 14.0 Å². The van der Waals surface area contributed by atoms with Crippen molar-refractivity contribution in [3.8, 4) is 5.75 Å². The van der Waals surface area contributed by atoms with Crippen molar-refractivity contribution < 1.29 is 27.2 Å². The quantitative estimate of drug-likeness (QED) is 0.435. The van der Waals surface area contributed by atoms with Gasteiger partial charge in [-0.2, -0.15) is 13.2 Å². The fourth-order valence-electron chi connectivity index (χ4n) is 2.24. The molecule has 0 fully saturated rings. The number of nitrogens with zero attached hydrogens (tertiary/aromatic N) is 3. The summed E-state index contributed by atoms with van der Waals surface area (Å²) in [5, 5.41) is 11.3. The van der Waals surface area contributed by atoms with Gasteiger partial charge in [0.2, 0.25) is 6.39 Å². The Kier molecular flexibility index (Phi) is 5.93. The van der Waals surface area contributed by atoms with Crippen LogP contribution in [0.5, 0.6) is 5.75 Å². The Morgan fingerprint density at radius 2 is 1.75 bits per heavy atom. The average molecular weight is 391 g/mol. The highest BCUT2D eigenvalue weighted by atomic mass is 19.4. The molecule has 0 unspecified atom stereocenters. The molecule has 146 valence electrons. The zero-order valence-electron chi connectivity index (χ0n) is 14.8. The van der Waals surface area contributed by atoms with Crippen LogP contribution in [0.2, 0.25) is 0 Å². The normalized spacial score (nSPS) is 12.1. The first-order valence-corrected chi connectivity index (χ1v) is 8.23. The molecule has 0 aliphatic rings. The highest BCUT2D eigenvalue weighted by molar-refractivity contribution is 5.98. The minimum Gasteiger partial charge on any atom is -0.484 e. The fourth-order valence-corrected chi connectivity index (χ4v) is 2.24. The molecule has 0 radical (unpaired) electrons. The van der Waals surface area contributed by atoms with Crippen LogP contribution in [0.15, 0.2) is 64.5 Å². The standard InChI is InChI=1S/C19H16F3N3O3/c1-13(25-28-10-14-2-6-16(7-3-14)19(20,21)22)15-4-8-17(9-5-15)26-11-18-24-23-12-27-18/h2-9,12H,10-11H2,1H3/b25-13+. The molecule has 0 spiro atoms. The van der Waals surface area contributed by atoms with Crippen molar-refractivity contribution in [1.29, 1.82) is 0 Å². The Morgan fingerprint density at radius 1 is 1.04 bits per heavy atom. The second-order valence-corrected chi connectivity index (χ2v) is 5.79. The van der Waals surface area contributed by atoms with Crippen LogP contribution < -0.4 is 4.74 Å². The second kappa shape index (κ2) is 8.55. The van der Waals surface area contributed by atoms with E-state index in [4.69, 9.17) is 14.0 Å². The number of alkyl halides is 3. The van der Waals surface area contributed by atoms with E-state index in [2.05, 4.69) is 15.4 Å². The predicted molar refractivity (Wildman–Crippen MR) is 93.5 cm³/mol. The molecular weight excluding hydrogens is 375 g/mol. The Labute approximate surface area is 158 Å². The molecule has 0 N–H and O–H groups in total. The van der Waals surface area contributed by atoms with E-state index < -0.39 is 11.7 Å². The van der Waals surface area contributed by atoms with Crippen molar-refractivity contribution >= 4 is 5.71 Å². The Bertz CT molecular complexity index is 906. The molecule has 0 saturated heterocycles. The van der Waals surface area contributed by atoms with Gasteiger partial charge in [-0.05, 0) is 54.4 Å². The monoisotopic (exact) mass is 391 g/mol. The van der Waals surface area contributed by atoms with Crippen LogP contribution in [0.4, 0.5) is 13.2 Å². The van der Waals surface area contributed by atoms with Gasteiger partial charge >= 0.3 is 6.18 Å². The van der Waals surface area contributed by atoms with Crippen LogP contribution >= 0.6 is 0 Å². The zero-order chi connectivity index (χ0) is 20.0. The van der Waals surface area contributed by atoms with Crippen molar-refractivity contribution in [2.75, 3.05) is 0 Å². The number of aromatic nitrogens is 2. The number of halogens is 3. The predicted octanol–water partition coefficient (Wildman–Crippen LogP) is 4.61. The molecule has 0 aliphatic heterocycles. The van der Waals surface area contributed by atoms with Gasteiger partial charge in [-0.3, -0.25) is 0 Å². The van der Waals surface area contributed by atoms with E-state index >= 15 is 0 Å². The largest absolute Gasteiger partial charge is 0.484 e. The lowest BCUT2D eigenvalue weighted by Gasteiger charge is -2.08. The van der Waals surface area contributed by atoms with Crippen LogP contribution in [-0.2, 0) is 24.2 Å². The van der Waals surface area contributed by atoms with Crippen LogP contribution in [-0.4, -0.2) is 15.9 Å². The molecule has 0 saturated carbocycles. The molecule has 1 heterocycles. The van der Waals surface area contributed by atoms with Crippen molar-refractivity contribution in [3.63, 3.8) is 0 Å². The summed E-state index contributed by atoms with van der Waals surface area (Å²) in [6, 6.07) is 11.9. The van der Waals surface area contributed by atoms with Gasteiger partial charge in [0, 0.05) is 0 Å². The number of benzene rings is 2. The highest BCUT2D eigenvalue weighted by Gasteiger charge is 2.29. The molecule has 0 atom stereocenters. The average Bonchev–Trinajstić information content (AvgIpc) is 3.20. The Morgan fingerprint density at radius 3 is 2.36 bits per heavy atom. The Balaban J connectivity index is 1.51. The smallest absolute Gasteiger partial charge is 0.416 e. The molecule has 6 nitrogen and oxygen atoms in total. The summed E-state index contributed by atoms with van der Waals surface area (Å²) >= 11 is 0. The summed E-state index contributed by atoms with van der Waals surface area (Å²) in [6.07, 6.45) is -3.12. The van der Waals surface area contributed by atoms with E-state index in [1.165, 1.54) is 18.5 Å². The minimum atomic E-state index is -4.35. The number of ether oxygens (including phenoxy) is 1. The van der Waals surface area contributed by atoms with Crippen LogP contribution in [0, 0.1) is 0 Å². The third kappa shape index (κ3) is 5.32. The van der Waals surface area contributed by atoms with Gasteiger partial charge in [0.15, 0.2) is 6.61 Å². The molecule has 0 amide bonds. The number of oxime groups is 1. The maximum atomic E-state index is 12.5. The summed E-state index contributed by atoms with van der Waals surface area (Å²) in [7, 11) is 0. The number of hydrogen-bond donors (Lipinski definition) is 0. The first-order chi connectivity index (χ1) is 13.4. The molecule has 0 bridgehead atoms. The molecule has 2 aromatic carbocycles. The van der Waals surface area contributed by atoms with E-state index in [1.54, 1.807) is 19.1 Å². The SMILES string of the molecule is C/C(=N\OCc1ccc(C(F)(F)F)cc1)c1ccc(OCc2nnco2)cc1. The lowest BCUT2D eigenvalue weighted by Crippen LogP contribution is -2.04. The first kappa shape index (κ1) is 19.4. The van der Waals surface area contributed by atoms with Crippen LogP contribution in [0.25, 0.3) is 0 Å². The summed E-state index contributed by atoms with van der Waals surface area (Å²) in [5.41, 5.74) is 1.33.